The average molecular weight is 336 g/mol. The number of aryl methyl sites for hydroxylation is 2. The first-order valence-electron chi connectivity index (χ1n) is 8.01. The van der Waals surface area contributed by atoms with Gasteiger partial charge in [0.2, 0.25) is 5.91 Å². The Balaban J connectivity index is 2.24. The lowest BCUT2D eigenvalue weighted by atomic mass is 9.95. The molecule has 0 radical (unpaired) electrons. The summed E-state index contributed by atoms with van der Waals surface area (Å²) in [5.41, 5.74) is 2.60. The largest absolute Gasteiger partial charge is 0.492 e. The monoisotopic (exact) mass is 336 g/mol. The summed E-state index contributed by atoms with van der Waals surface area (Å²) in [5, 5.41) is 12.0. The number of ether oxygens (including phenoxy) is 1. The Hall–Kier alpha value is -3.13. The zero-order valence-electron chi connectivity index (χ0n) is 14.5. The van der Waals surface area contributed by atoms with Gasteiger partial charge in [-0.05, 0) is 45.0 Å². The van der Waals surface area contributed by atoms with E-state index in [0.717, 1.165) is 11.1 Å². The van der Waals surface area contributed by atoms with Crippen molar-refractivity contribution in [3.8, 4) is 11.8 Å². The summed E-state index contributed by atoms with van der Waals surface area (Å²) in [7, 11) is 0. The van der Waals surface area contributed by atoms with E-state index in [9.17, 15) is 14.9 Å². The van der Waals surface area contributed by atoms with Crippen molar-refractivity contribution in [2.75, 3.05) is 11.9 Å². The molecule has 0 heterocycles. The number of hydrogen-bond acceptors (Lipinski definition) is 4. The molecule has 1 atom stereocenters. The number of carbonyl (C=O) groups is 2. The molecule has 1 amide bonds. The molecule has 5 nitrogen and oxygen atoms in total. The Morgan fingerprint density at radius 2 is 1.80 bits per heavy atom. The minimum atomic E-state index is -1.42. The molecule has 0 aliphatic heterocycles. The Labute approximate surface area is 147 Å². The van der Waals surface area contributed by atoms with Crippen molar-refractivity contribution in [2.24, 2.45) is 5.92 Å². The van der Waals surface area contributed by atoms with Gasteiger partial charge in [0.25, 0.3) is 0 Å². The van der Waals surface area contributed by atoms with E-state index in [2.05, 4.69) is 5.32 Å². The number of hydrogen-bond donors (Lipinski definition) is 1. The maximum Gasteiger partial charge on any atom is 0.249 e. The molecule has 1 N–H and O–H groups in total. The fraction of sp³-hybridized carbons (Fsp3) is 0.250. The summed E-state index contributed by atoms with van der Waals surface area (Å²) >= 11 is 0. The first-order chi connectivity index (χ1) is 12.0. The summed E-state index contributed by atoms with van der Waals surface area (Å²) in [6.45, 7) is 6.00. The molecule has 0 aliphatic carbocycles. The van der Waals surface area contributed by atoms with Crippen molar-refractivity contribution in [1.29, 1.82) is 5.26 Å². The number of benzene rings is 2. The Morgan fingerprint density at radius 3 is 2.40 bits per heavy atom. The number of anilines is 1. The standard InChI is InChI=1S/C20H20N2O3/c1-4-25-18-8-6-5-7-17(18)22-20(24)16(12-21)19(23)15-10-13(2)9-14(3)11-15/h5-11,16H,4H2,1-3H3,(H,22,24)/t16-/m0/s1. The van der Waals surface area contributed by atoms with Crippen LogP contribution in [0.25, 0.3) is 0 Å². The molecule has 2 aromatic carbocycles. The molecule has 25 heavy (non-hydrogen) atoms. The average Bonchev–Trinajstić information content (AvgIpc) is 2.56. The van der Waals surface area contributed by atoms with E-state index in [4.69, 9.17) is 4.74 Å². The molecule has 5 heteroatoms. The Bertz CT molecular complexity index is 817. The SMILES string of the molecule is CCOc1ccccc1NC(=O)[C@@H](C#N)C(=O)c1cc(C)cc(C)c1. The van der Waals surface area contributed by atoms with Gasteiger partial charge in [0.1, 0.15) is 5.75 Å². The highest BCUT2D eigenvalue weighted by Crippen LogP contribution is 2.24. The number of ketones is 1. The third kappa shape index (κ3) is 4.45. The van der Waals surface area contributed by atoms with Gasteiger partial charge in [0, 0.05) is 5.56 Å². The van der Waals surface area contributed by atoms with Crippen LogP contribution >= 0.6 is 0 Å². The van der Waals surface area contributed by atoms with Crippen LogP contribution in [0.2, 0.25) is 0 Å². The summed E-state index contributed by atoms with van der Waals surface area (Å²) in [6.07, 6.45) is 0. The highest BCUT2D eigenvalue weighted by Gasteiger charge is 2.28. The third-order valence-electron chi connectivity index (χ3n) is 3.60. The van der Waals surface area contributed by atoms with Gasteiger partial charge in [0.15, 0.2) is 11.7 Å². The van der Waals surface area contributed by atoms with Gasteiger partial charge in [-0.2, -0.15) is 5.26 Å². The predicted molar refractivity (Wildman–Crippen MR) is 95.6 cm³/mol. The van der Waals surface area contributed by atoms with E-state index in [1.165, 1.54) is 0 Å². The second-order valence-electron chi connectivity index (χ2n) is 5.72. The maximum absolute atomic E-state index is 12.6. The lowest BCUT2D eigenvalue weighted by Gasteiger charge is -2.13. The maximum atomic E-state index is 12.6. The smallest absolute Gasteiger partial charge is 0.249 e. The van der Waals surface area contributed by atoms with Crippen LogP contribution in [-0.2, 0) is 4.79 Å². The number of carbonyl (C=O) groups excluding carboxylic acids is 2. The molecule has 0 aliphatic rings. The first kappa shape index (κ1) is 18.2. The van der Waals surface area contributed by atoms with Crippen LogP contribution in [-0.4, -0.2) is 18.3 Å². The predicted octanol–water partition coefficient (Wildman–Crippen LogP) is 3.66. The van der Waals surface area contributed by atoms with E-state index < -0.39 is 17.6 Å². The highest BCUT2D eigenvalue weighted by atomic mass is 16.5. The van der Waals surface area contributed by atoms with Crippen LogP contribution in [0.4, 0.5) is 5.69 Å². The number of para-hydroxylation sites is 2. The summed E-state index contributed by atoms with van der Waals surface area (Å²) in [5.74, 6) is -2.11. The Morgan fingerprint density at radius 1 is 1.16 bits per heavy atom. The molecule has 0 fully saturated rings. The van der Waals surface area contributed by atoms with Crippen LogP contribution in [0, 0.1) is 31.1 Å². The van der Waals surface area contributed by atoms with Crippen molar-refractivity contribution in [3.05, 3.63) is 59.2 Å². The molecule has 2 aromatic rings. The molecule has 0 saturated heterocycles. The molecule has 2 rings (SSSR count). The first-order valence-corrected chi connectivity index (χ1v) is 8.01. The number of nitrogens with one attached hydrogen (secondary N) is 1. The summed E-state index contributed by atoms with van der Waals surface area (Å²) < 4.78 is 5.45. The van der Waals surface area contributed by atoms with Crippen LogP contribution in [0.15, 0.2) is 42.5 Å². The Kier molecular flexibility index (Phi) is 5.91. The topological polar surface area (TPSA) is 79.2 Å². The van der Waals surface area contributed by atoms with Crippen LogP contribution in [0.1, 0.15) is 28.4 Å². The minimum absolute atomic E-state index is 0.359. The van der Waals surface area contributed by atoms with Crippen LogP contribution in [0.5, 0.6) is 5.75 Å². The fourth-order valence-electron chi connectivity index (χ4n) is 2.58. The van der Waals surface area contributed by atoms with Gasteiger partial charge in [-0.15, -0.1) is 0 Å². The highest BCUT2D eigenvalue weighted by molar-refractivity contribution is 6.15. The number of rotatable bonds is 6. The van der Waals surface area contributed by atoms with E-state index in [-0.39, 0.29) is 0 Å². The molecular weight excluding hydrogens is 316 g/mol. The summed E-state index contributed by atoms with van der Waals surface area (Å²) in [6, 6.07) is 14.0. The molecule has 0 unspecified atom stereocenters. The second kappa shape index (κ2) is 8.11. The van der Waals surface area contributed by atoms with Crippen molar-refractivity contribution in [1.82, 2.24) is 0 Å². The van der Waals surface area contributed by atoms with E-state index in [1.807, 2.05) is 32.9 Å². The van der Waals surface area contributed by atoms with Gasteiger partial charge < -0.3 is 10.1 Å². The lowest BCUT2D eigenvalue weighted by Crippen LogP contribution is -2.29. The number of nitriles is 1. The number of amides is 1. The minimum Gasteiger partial charge on any atom is -0.492 e. The molecular formula is C20H20N2O3. The van der Waals surface area contributed by atoms with E-state index in [0.29, 0.717) is 23.6 Å². The number of Topliss-reactive ketones (excluding diaryl/α,β-unsaturated/α-hetero) is 1. The normalized spacial score (nSPS) is 11.3. The zero-order chi connectivity index (χ0) is 18.4. The fourth-order valence-corrected chi connectivity index (χ4v) is 2.58. The van der Waals surface area contributed by atoms with E-state index >= 15 is 0 Å². The van der Waals surface area contributed by atoms with Crippen molar-refractivity contribution >= 4 is 17.4 Å². The van der Waals surface area contributed by atoms with E-state index in [1.54, 1.807) is 36.4 Å². The molecule has 0 spiro atoms. The van der Waals surface area contributed by atoms with Gasteiger partial charge >= 0.3 is 0 Å². The lowest BCUT2D eigenvalue weighted by molar-refractivity contribution is -0.117. The van der Waals surface area contributed by atoms with Crippen LogP contribution in [0.3, 0.4) is 0 Å². The molecule has 0 bridgehead atoms. The molecule has 0 aromatic heterocycles. The van der Waals surface area contributed by atoms with Crippen molar-refractivity contribution in [2.45, 2.75) is 20.8 Å². The molecule has 128 valence electrons. The quantitative estimate of drug-likeness (QED) is 0.645. The van der Waals surface area contributed by atoms with Crippen molar-refractivity contribution in [3.63, 3.8) is 0 Å². The zero-order valence-corrected chi connectivity index (χ0v) is 14.5. The second-order valence-corrected chi connectivity index (χ2v) is 5.72. The van der Waals surface area contributed by atoms with Gasteiger partial charge in [0.05, 0.1) is 18.4 Å². The van der Waals surface area contributed by atoms with Crippen LogP contribution < -0.4 is 10.1 Å². The van der Waals surface area contributed by atoms with Gasteiger partial charge in [-0.3, -0.25) is 9.59 Å². The molecule has 0 saturated carbocycles. The summed E-state index contributed by atoms with van der Waals surface area (Å²) in [4.78, 5) is 25.1. The number of nitrogens with zero attached hydrogens (tertiary/aromatic N) is 1. The van der Waals surface area contributed by atoms with Gasteiger partial charge in [-0.25, -0.2) is 0 Å². The van der Waals surface area contributed by atoms with Crippen molar-refractivity contribution < 1.29 is 14.3 Å². The van der Waals surface area contributed by atoms with Gasteiger partial charge in [-0.1, -0.05) is 29.3 Å². The third-order valence-corrected chi connectivity index (χ3v) is 3.60.